The minimum atomic E-state index is -0.394. The van der Waals surface area contributed by atoms with Crippen molar-refractivity contribution in [3.8, 4) is 10.6 Å². The molecule has 1 N–H and O–H groups in total. The predicted molar refractivity (Wildman–Crippen MR) is 107 cm³/mol. The number of carbonyl (C=O) groups excluding carboxylic acids is 2. The van der Waals surface area contributed by atoms with Crippen molar-refractivity contribution in [3.63, 3.8) is 0 Å². The number of anilines is 1. The van der Waals surface area contributed by atoms with Gasteiger partial charge in [-0.1, -0.05) is 29.0 Å². The van der Waals surface area contributed by atoms with Crippen LogP contribution >= 0.6 is 23.1 Å². The smallest absolute Gasteiger partial charge is 0.315 e. The first-order chi connectivity index (χ1) is 12.3. The van der Waals surface area contributed by atoms with Gasteiger partial charge in [0.15, 0.2) is 0 Å². The minimum absolute atomic E-state index is 0.144. The molecule has 2 rings (SSSR count). The second-order valence-corrected chi connectivity index (χ2v) is 8.24. The summed E-state index contributed by atoms with van der Waals surface area (Å²) in [6.45, 7) is 9.99. The fourth-order valence-corrected chi connectivity index (χ4v) is 4.17. The third-order valence-electron chi connectivity index (χ3n) is 3.67. The Balaban J connectivity index is 2.02. The van der Waals surface area contributed by atoms with Crippen LogP contribution in [0, 0.1) is 20.8 Å². The molecule has 26 heavy (non-hydrogen) atoms. The van der Waals surface area contributed by atoms with Gasteiger partial charge in [-0.3, -0.25) is 14.9 Å². The zero-order valence-electron chi connectivity index (χ0n) is 15.6. The first-order valence-electron chi connectivity index (χ1n) is 8.31. The lowest BCUT2D eigenvalue weighted by molar-refractivity contribution is -0.139. The molecule has 0 aliphatic carbocycles. The predicted octanol–water partition coefficient (Wildman–Crippen LogP) is 3.75. The van der Waals surface area contributed by atoms with Gasteiger partial charge in [-0.05, 0) is 45.7 Å². The number of thioether (sulfide) groups is 1. The van der Waals surface area contributed by atoms with E-state index in [9.17, 15) is 9.59 Å². The van der Waals surface area contributed by atoms with Crippen LogP contribution in [-0.2, 0) is 14.3 Å². The molecule has 0 unspecified atom stereocenters. The van der Waals surface area contributed by atoms with E-state index in [1.54, 1.807) is 13.8 Å². The van der Waals surface area contributed by atoms with E-state index in [4.69, 9.17) is 4.74 Å². The second-order valence-electron chi connectivity index (χ2n) is 5.93. The van der Waals surface area contributed by atoms with Crippen molar-refractivity contribution in [2.24, 2.45) is 0 Å². The molecule has 0 radical (unpaired) electrons. The van der Waals surface area contributed by atoms with Gasteiger partial charge in [-0.2, -0.15) is 0 Å². The van der Waals surface area contributed by atoms with Crippen LogP contribution in [0.4, 0.5) is 5.13 Å². The molecule has 1 amide bonds. The van der Waals surface area contributed by atoms with Gasteiger partial charge in [0, 0.05) is 5.56 Å². The van der Waals surface area contributed by atoms with Crippen molar-refractivity contribution in [2.45, 2.75) is 39.9 Å². The van der Waals surface area contributed by atoms with E-state index in [1.807, 2.05) is 13.8 Å². The molecule has 1 aromatic carbocycles. The van der Waals surface area contributed by atoms with E-state index >= 15 is 0 Å². The highest BCUT2D eigenvalue weighted by Gasteiger charge is 2.19. The average molecular weight is 394 g/mol. The van der Waals surface area contributed by atoms with Crippen LogP contribution in [0.1, 0.15) is 30.5 Å². The summed E-state index contributed by atoms with van der Waals surface area (Å²) in [7, 11) is 0. The molecular formula is C18H23N3O3S2. The molecule has 0 bridgehead atoms. The van der Waals surface area contributed by atoms with Crippen LogP contribution in [0.15, 0.2) is 12.1 Å². The monoisotopic (exact) mass is 393 g/mol. The second kappa shape index (κ2) is 9.14. The summed E-state index contributed by atoms with van der Waals surface area (Å²) in [5.74, 6) is -0.383. The molecule has 0 fully saturated rings. The van der Waals surface area contributed by atoms with E-state index in [-0.39, 0.29) is 17.6 Å². The topological polar surface area (TPSA) is 81.2 Å². The molecule has 0 saturated heterocycles. The maximum atomic E-state index is 12.3. The fraction of sp³-hybridized carbons (Fsp3) is 0.444. The van der Waals surface area contributed by atoms with E-state index < -0.39 is 5.25 Å². The van der Waals surface area contributed by atoms with Crippen LogP contribution in [0.2, 0.25) is 0 Å². The summed E-state index contributed by atoms with van der Waals surface area (Å²) < 4.78 is 4.86. The van der Waals surface area contributed by atoms with Crippen LogP contribution in [-0.4, -0.2) is 39.7 Å². The molecule has 0 aliphatic heterocycles. The lowest BCUT2D eigenvalue weighted by Gasteiger charge is -2.09. The van der Waals surface area contributed by atoms with Crippen LogP contribution in [0.3, 0.4) is 0 Å². The molecule has 1 aromatic heterocycles. The van der Waals surface area contributed by atoms with E-state index in [0.717, 1.165) is 21.7 Å². The summed E-state index contributed by atoms with van der Waals surface area (Å²) in [6.07, 6.45) is 0. The summed E-state index contributed by atoms with van der Waals surface area (Å²) >= 11 is 2.57. The van der Waals surface area contributed by atoms with Crippen molar-refractivity contribution in [3.05, 3.63) is 28.8 Å². The molecule has 0 aliphatic rings. The van der Waals surface area contributed by atoms with Gasteiger partial charge in [0.05, 0.1) is 17.6 Å². The Bertz CT molecular complexity index is 782. The first kappa shape index (κ1) is 20.4. The Hall–Kier alpha value is -1.93. The van der Waals surface area contributed by atoms with Gasteiger partial charge in [-0.15, -0.1) is 22.0 Å². The lowest BCUT2D eigenvalue weighted by Crippen LogP contribution is -2.24. The Morgan fingerprint density at radius 3 is 2.50 bits per heavy atom. The molecule has 140 valence electrons. The summed E-state index contributed by atoms with van der Waals surface area (Å²) in [5.41, 5.74) is 4.53. The average Bonchev–Trinajstić information content (AvgIpc) is 2.99. The number of esters is 1. The highest BCUT2D eigenvalue weighted by atomic mass is 32.2. The third kappa shape index (κ3) is 5.28. The maximum absolute atomic E-state index is 12.3. The fourth-order valence-electron chi connectivity index (χ4n) is 2.57. The third-order valence-corrected chi connectivity index (χ3v) is 5.64. The molecule has 0 saturated carbocycles. The van der Waals surface area contributed by atoms with Crippen LogP contribution < -0.4 is 5.32 Å². The lowest BCUT2D eigenvalue weighted by atomic mass is 10.0. The Labute approximate surface area is 161 Å². The molecular weight excluding hydrogens is 370 g/mol. The first-order valence-corrected chi connectivity index (χ1v) is 10.2. The van der Waals surface area contributed by atoms with Gasteiger partial charge in [0.1, 0.15) is 5.01 Å². The number of nitrogens with zero attached hydrogens (tertiary/aromatic N) is 2. The minimum Gasteiger partial charge on any atom is -0.465 e. The summed E-state index contributed by atoms with van der Waals surface area (Å²) in [6, 6.07) is 4.21. The molecule has 8 heteroatoms. The van der Waals surface area contributed by atoms with Crippen molar-refractivity contribution < 1.29 is 14.3 Å². The maximum Gasteiger partial charge on any atom is 0.315 e. The molecule has 6 nitrogen and oxygen atoms in total. The Kier molecular flexibility index (Phi) is 7.16. The number of amides is 1. The quantitative estimate of drug-likeness (QED) is 0.722. The summed E-state index contributed by atoms with van der Waals surface area (Å²) in [5, 5.41) is 11.9. The SMILES string of the molecule is CCOC(=O)CS[C@@H](C)C(=O)Nc1nnc(-c2c(C)cc(C)cc2C)s1. The Morgan fingerprint density at radius 2 is 1.88 bits per heavy atom. The van der Waals surface area contributed by atoms with Crippen molar-refractivity contribution in [1.29, 1.82) is 0 Å². The highest BCUT2D eigenvalue weighted by molar-refractivity contribution is 8.01. The number of hydrogen-bond acceptors (Lipinski definition) is 7. The zero-order valence-corrected chi connectivity index (χ0v) is 17.2. The van der Waals surface area contributed by atoms with Gasteiger partial charge < -0.3 is 4.74 Å². The molecule has 1 atom stereocenters. The van der Waals surface area contributed by atoms with Crippen molar-refractivity contribution in [1.82, 2.24) is 10.2 Å². The number of nitrogens with one attached hydrogen (secondary N) is 1. The summed E-state index contributed by atoms with van der Waals surface area (Å²) in [4.78, 5) is 23.6. The van der Waals surface area contributed by atoms with E-state index in [0.29, 0.717) is 11.7 Å². The standard InChI is InChI=1S/C18H23N3O3S2/c1-6-24-14(22)9-25-13(5)16(23)19-18-21-20-17(26-18)15-11(3)7-10(2)8-12(15)4/h7-8,13H,6,9H2,1-5H3,(H,19,21,23)/t13-/m0/s1. The number of aromatic nitrogens is 2. The van der Waals surface area contributed by atoms with E-state index in [1.165, 1.54) is 28.7 Å². The van der Waals surface area contributed by atoms with Crippen molar-refractivity contribution in [2.75, 3.05) is 17.7 Å². The number of benzene rings is 1. The van der Waals surface area contributed by atoms with Gasteiger partial charge in [0.25, 0.3) is 0 Å². The van der Waals surface area contributed by atoms with Gasteiger partial charge >= 0.3 is 5.97 Å². The van der Waals surface area contributed by atoms with Crippen LogP contribution in [0.5, 0.6) is 0 Å². The molecule has 2 aromatic rings. The Morgan fingerprint density at radius 1 is 1.23 bits per heavy atom. The van der Waals surface area contributed by atoms with Gasteiger partial charge in [0.2, 0.25) is 11.0 Å². The number of ether oxygens (including phenoxy) is 1. The van der Waals surface area contributed by atoms with E-state index in [2.05, 4.69) is 34.6 Å². The molecule has 1 heterocycles. The molecule has 0 spiro atoms. The number of carbonyl (C=O) groups is 2. The highest BCUT2D eigenvalue weighted by Crippen LogP contribution is 2.32. The largest absolute Gasteiger partial charge is 0.465 e. The normalized spacial score (nSPS) is 11.9. The number of aryl methyl sites for hydroxylation is 3. The van der Waals surface area contributed by atoms with Crippen molar-refractivity contribution >= 4 is 40.1 Å². The van der Waals surface area contributed by atoms with Gasteiger partial charge in [-0.25, -0.2) is 0 Å². The van der Waals surface area contributed by atoms with Crippen LogP contribution in [0.25, 0.3) is 10.6 Å². The number of rotatable bonds is 7. The number of hydrogen-bond donors (Lipinski definition) is 1. The zero-order chi connectivity index (χ0) is 19.3.